The Balaban J connectivity index is 1.32. The van der Waals surface area contributed by atoms with Crippen molar-refractivity contribution in [2.24, 2.45) is 0 Å². The summed E-state index contributed by atoms with van der Waals surface area (Å²) in [5, 5.41) is 1.42. The predicted molar refractivity (Wildman–Crippen MR) is 147 cm³/mol. The van der Waals surface area contributed by atoms with Crippen molar-refractivity contribution in [3.63, 3.8) is 0 Å². The summed E-state index contributed by atoms with van der Waals surface area (Å²) in [4.78, 5) is 4.64. The molecule has 0 saturated carbocycles. The number of pyridine rings is 1. The molecule has 1 nitrogen and oxygen atoms in total. The number of aryl methyl sites for hydroxylation is 5. The summed E-state index contributed by atoms with van der Waals surface area (Å²) in [6, 6.07) is 18.9. The Kier molecular flexibility index (Phi) is 9.54. The second-order valence-corrected chi connectivity index (χ2v) is 10.1. The topological polar surface area (TPSA) is 12.9 Å². The van der Waals surface area contributed by atoms with E-state index in [1.165, 1.54) is 49.8 Å². The molecular formula is C33H35F4N. The number of rotatable bonds is 12. The van der Waals surface area contributed by atoms with Crippen LogP contribution < -0.4 is 0 Å². The number of unbranched alkanes of at least 4 members (excludes halogenated alkanes) is 4. The molecule has 0 radical (unpaired) electrons. The number of halogens is 4. The molecule has 0 amide bonds. The zero-order valence-corrected chi connectivity index (χ0v) is 22.0. The van der Waals surface area contributed by atoms with E-state index in [0.717, 1.165) is 53.6 Å². The van der Waals surface area contributed by atoms with Gasteiger partial charge in [-0.3, -0.25) is 4.98 Å². The van der Waals surface area contributed by atoms with Gasteiger partial charge in [-0.2, -0.15) is 13.2 Å². The van der Waals surface area contributed by atoms with Gasteiger partial charge in [0.05, 0.1) is 5.56 Å². The van der Waals surface area contributed by atoms with E-state index in [9.17, 15) is 13.2 Å². The molecule has 0 N–H and O–H groups in total. The number of aromatic nitrogens is 1. The highest BCUT2D eigenvalue weighted by atomic mass is 19.4. The second-order valence-electron chi connectivity index (χ2n) is 10.1. The van der Waals surface area contributed by atoms with Gasteiger partial charge in [0.15, 0.2) is 0 Å². The van der Waals surface area contributed by atoms with E-state index in [2.05, 4.69) is 24.0 Å². The molecular weight excluding hydrogens is 486 g/mol. The average Bonchev–Trinajstić information content (AvgIpc) is 2.92. The van der Waals surface area contributed by atoms with Crippen molar-refractivity contribution in [3.05, 3.63) is 112 Å². The Morgan fingerprint density at radius 1 is 0.658 bits per heavy atom. The lowest BCUT2D eigenvalue weighted by atomic mass is 9.97. The van der Waals surface area contributed by atoms with Gasteiger partial charge in [0.2, 0.25) is 0 Å². The Morgan fingerprint density at radius 2 is 1.37 bits per heavy atom. The molecule has 3 aromatic carbocycles. The SMILES string of the molecule is CCCCCCCc1ccc(CCc2ccc3c(F)c(CCc4ccc(C(F)(F)F)cc4)ccc3c2)nc1. The van der Waals surface area contributed by atoms with Gasteiger partial charge >= 0.3 is 6.18 Å². The highest BCUT2D eigenvalue weighted by Crippen LogP contribution is 2.29. The van der Waals surface area contributed by atoms with Gasteiger partial charge in [-0.15, -0.1) is 0 Å². The molecule has 0 aliphatic carbocycles. The van der Waals surface area contributed by atoms with Crippen LogP contribution in [0.2, 0.25) is 0 Å². The van der Waals surface area contributed by atoms with Gasteiger partial charge < -0.3 is 0 Å². The van der Waals surface area contributed by atoms with Crippen molar-refractivity contribution in [1.82, 2.24) is 4.98 Å². The van der Waals surface area contributed by atoms with E-state index < -0.39 is 11.7 Å². The van der Waals surface area contributed by atoms with Crippen LogP contribution in [0.4, 0.5) is 17.6 Å². The molecule has 4 aromatic rings. The van der Waals surface area contributed by atoms with E-state index in [1.807, 2.05) is 30.5 Å². The molecule has 200 valence electrons. The monoisotopic (exact) mass is 521 g/mol. The molecule has 0 saturated heterocycles. The maximum atomic E-state index is 15.2. The third kappa shape index (κ3) is 7.66. The molecule has 0 spiro atoms. The normalized spacial score (nSPS) is 11.8. The molecule has 1 aromatic heterocycles. The Morgan fingerprint density at radius 3 is 2.08 bits per heavy atom. The third-order valence-corrected chi connectivity index (χ3v) is 7.19. The lowest BCUT2D eigenvalue weighted by molar-refractivity contribution is -0.137. The fourth-order valence-electron chi connectivity index (χ4n) is 4.83. The predicted octanol–water partition coefficient (Wildman–Crippen LogP) is 9.48. The largest absolute Gasteiger partial charge is 0.416 e. The second kappa shape index (κ2) is 13.0. The summed E-state index contributed by atoms with van der Waals surface area (Å²) < 4.78 is 53.5. The van der Waals surface area contributed by atoms with Crippen LogP contribution in [0.15, 0.2) is 72.9 Å². The van der Waals surface area contributed by atoms with Crippen LogP contribution >= 0.6 is 0 Å². The fourth-order valence-corrected chi connectivity index (χ4v) is 4.83. The Labute approximate surface area is 222 Å². The van der Waals surface area contributed by atoms with Crippen LogP contribution in [0.3, 0.4) is 0 Å². The number of hydrogen-bond acceptors (Lipinski definition) is 1. The highest BCUT2D eigenvalue weighted by Gasteiger charge is 2.29. The maximum absolute atomic E-state index is 15.2. The fraction of sp³-hybridized carbons (Fsp3) is 0.364. The van der Waals surface area contributed by atoms with Gasteiger partial charge in [-0.1, -0.05) is 81.1 Å². The number of hydrogen-bond donors (Lipinski definition) is 0. The average molecular weight is 522 g/mol. The summed E-state index contributed by atoms with van der Waals surface area (Å²) in [7, 11) is 0. The summed E-state index contributed by atoms with van der Waals surface area (Å²) >= 11 is 0. The summed E-state index contributed by atoms with van der Waals surface area (Å²) in [5.41, 5.74) is 4.14. The van der Waals surface area contributed by atoms with Crippen LogP contribution in [-0.4, -0.2) is 4.98 Å². The van der Waals surface area contributed by atoms with Crippen LogP contribution in [0, 0.1) is 5.82 Å². The van der Waals surface area contributed by atoms with Crippen molar-refractivity contribution >= 4 is 10.8 Å². The lowest BCUT2D eigenvalue weighted by Gasteiger charge is -2.10. The minimum atomic E-state index is -4.35. The van der Waals surface area contributed by atoms with Crippen molar-refractivity contribution < 1.29 is 17.6 Å². The van der Waals surface area contributed by atoms with Crippen molar-refractivity contribution in [1.29, 1.82) is 0 Å². The number of benzene rings is 3. The molecule has 0 bridgehead atoms. The molecule has 0 atom stereocenters. The molecule has 0 fully saturated rings. The first-order chi connectivity index (χ1) is 18.3. The van der Waals surface area contributed by atoms with Gasteiger partial charge in [0.25, 0.3) is 0 Å². The molecule has 0 unspecified atom stereocenters. The van der Waals surface area contributed by atoms with E-state index in [4.69, 9.17) is 0 Å². The Hall–Kier alpha value is -3.21. The van der Waals surface area contributed by atoms with Crippen molar-refractivity contribution in [3.8, 4) is 0 Å². The first-order valence-corrected chi connectivity index (χ1v) is 13.6. The first kappa shape index (κ1) is 27.8. The standard InChI is InChI=1S/C33H35F4N/c1-2-3-4-5-6-7-26-12-20-30(38-23-26)19-11-25-13-21-31-28(22-25)16-15-27(32(31)34)14-8-24-9-17-29(18-10-24)33(35,36)37/h9-10,12-13,15-18,20-23H,2-8,11,14,19H2,1H3. The Bertz CT molecular complexity index is 1310. The quantitative estimate of drug-likeness (QED) is 0.134. The summed E-state index contributed by atoms with van der Waals surface area (Å²) in [6.07, 6.45) is 7.66. The van der Waals surface area contributed by atoms with E-state index >= 15 is 4.39 Å². The molecule has 5 heteroatoms. The van der Waals surface area contributed by atoms with Crippen LogP contribution in [0.5, 0.6) is 0 Å². The summed E-state index contributed by atoms with van der Waals surface area (Å²) in [5.74, 6) is -0.257. The molecule has 1 heterocycles. The smallest absolute Gasteiger partial charge is 0.261 e. The maximum Gasteiger partial charge on any atom is 0.416 e. The molecule has 4 rings (SSSR count). The zero-order chi connectivity index (χ0) is 27.0. The van der Waals surface area contributed by atoms with E-state index in [-0.39, 0.29) is 5.82 Å². The third-order valence-electron chi connectivity index (χ3n) is 7.19. The highest BCUT2D eigenvalue weighted by molar-refractivity contribution is 5.84. The van der Waals surface area contributed by atoms with E-state index in [0.29, 0.717) is 23.8 Å². The van der Waals surface area contributed by atoms with E-state index in [1.54, 1.807) is 6.07 Å². The van der Waals surface area contributed by atoms with Crippen LogP contribution in [-0.2, 0) is 38.3 Å². The van der Waals surface area contributed by atoms with Crippen LogP contribution in [0.1, 0.15) is 72.5 Å². The van der Waals surface area contributed by atoms with Gasteiger partial charge in [-0.25, -0.2) is 4.39 Å². The van der Waals surface area contributed by atoms with Crippen molar-refractivity contribution in [2.45, 2.75) is 77.3 Å². The van der Waals surface area contributed by atoms with Crippen LogP contribution in [0.25, 0.3) is 10.8 Å². The minimum Gasteiger partial charge on any atom is -0.261 e. The zero-order valence-electron chi connectivity index (χ0n) is 22.0. The number of alkyl halides is 3. The molecule has 0 aliphatic rings. The minimum absolute atomic E-state index is 0.257. The number of fused-ring (bicyclic) bond motifs is 1. The lowest BCUT2D eigenvalue weighted by Crippen LogP contribution is -2.04. The number of nitrogens with zero attached hydrogens (tertiary/aromatic N) is 1. The molecule has 0 aliphatic heterocycles. The van der Waals surface area contributed by atoms with Gasteiger partial charge in [-0.05, 0) is 84.4 Å². The first-order valence-electron chi connectivity index (χ1n) is 13.6. The van der Waals surface area contributed by atoms with Crippen molar-refractivity contribution in [2.75, 3.05) is 0 Å². The van der Waals surface area contributed by atoms with Gasteiger partial charge in [0.1, 0.15) is 5.82 Å². The van der Waals surface area contributed by atoms with Gasteiger partial charge in [0, 0.05) is 17.3 Å². The molecule has 38 heavy (non-hydrogen) atoms. The summed E-state index contributed by atoms with van der Waals surface area (Å²) in [6.45, 7) is 2.23.